The van der Waals surface area contributed by atoms with Crippen molar-refractivity contribution in [3.05, 3.63) is 0 Å². The maximum atomic E-state index is 11.1. The first-order valence-electron chi connectivity index (χ1n) is 4.88. The highest BCUT2D eigenvalue weighted by molar-refractivity contribution is 5.81. The Hall–Kier alpha value is -0.410. The molecule has 0 spiro atoms. The van der Waals surface area contributed by atoms with Gasteiger partial charge in [-0.15, -0.1) is 0 Å². The summed E-state index contributed by atoms with van der Waals surface area (Å²) < 4.78 is 5.20. The average Bonchev–Trinajstić information content (AvgIpc) is 2.02. The fraction of sp³-hybridized carbons (Fsp3) is 0.900. The predicted molar refractivity (Wildman–Crippen MR) is 53.8 cm³/mol. The lowest BCUT2D eigenvalue weighted by atomic mass is 10.1. The number of carbonyl (C=O) groups is 1. The number of nitrogens with one attached hydrogen (secondary N) is 1. The van der Waals surface area contributed by atoms with Crippen LogP contribution in [-0.2, 0) is 9.53 Å². The highest BCUT2D eigenvalue weighted by Crippen LogP contribution is 1.93. The summed E-state index contributed by atoms with van der Waals surface area (Å²) in [6.07, 6.45) is 0. The van der Waals surface area contributed by atoms with E-state index in [1.165, 1.54) is 0 Å². The third-order valence-electron chi connectivity index (χ3n) is 1.69. The van der Waals surface area contributed by atoms with E-state index in [0.29, 0.717) is 12.6 Å². The molecule has 0 amide bonds. The fourth-order valence-corrected chi connectivity index (χ4v) is 0.759. The van der Waals surface area contributed by atoms with Gasteiger partial charge < -0.3 is 10.1 Å². The van der Waals surface area contributed by atoms with Gasteiger partial charge in [-0.3, -0.25) is 4.79 Å². The summed E-state index contributed by atoms with van der Waals surface area (Å²) in [4.78, 5) is 11.1. The lowest BCUT2D eigenvalue weighted by Crippen LogP contribution is -2.27. The minimum absolute atomic E-state index is 0.0815. The van der Waals surface area contributed by atoms with Gasteiger partial charge in [-0.25, -0.2) is 0 Å². The number of hydrogen-bond donors (Lipinski definition) is 1. The molecule has 0 aliphatic rings. The number of ketones is 1. The average molecular weight is 187 g/mol. The SMILES string of the molecule is CC(C)NCCOCC(=O)C(C)C. The minimum atomic E-state index is 0.0815. The maximum Gasteiger partial charge on any atom is 0.160 e. The second-order valence-electron chi connectivity index (χ2n) is 3.78. The van der Waals surface area contributed by atoms with Gasteiger partial charge in [0.1, 0.15) is 6.61 Å². The van der Waals surface area contributed by atoms with Gasteiger partial charge in [0.15, 0.2) is 5.78 Å². The van der Waals surface area contributed by atoms with Crippen LogP contribution in [0.5, 0.6) is 0 Å². The second-order valence-corrected chi connectivity index (χ2v) is 3.78. The van der Waals surface area contributed by atoms with E-state index in [-0.39, 0.29) is 18.3 Å². The van der Waals surface area contributed by atoms with E-state index in [9.17, 15) is 4.79 Å². The van der Waals surface area contributed by atoms with E-state index in [0.717, 1.165) is 6.54 Å². The molecular weight excluding hydrogens is 166 g/mol. The fourth-order valence-electron chi connectivity index (χ4n) is 0.759. The quantitative estimate of drug-likeness (QED) is 0.609. The number of carbonyl (C=O) groups excluding carboxylic acids is 1. The Labute approximate surface area is 80.8 Å². The summed E-state index contributed by atoms with van der Waals surface area (Å²) in [6, 6.07) is 0.476. The minimum Gasteiger partial charge on any atom is -0.372 e. The lowest BCUT2D eigenvalue weighted by molar-refractivity contribution is -0.126. The van der Waals surface area contributed by atoms with Crippen molar-refractivity contribution >= 4 is 5.78 Å². The van der Waals surface area contributed by atoms with Crippen LogP contribution >= 0.6 is 0 Å². The molecule has 0 atom stereocenters. The van der Waals surface area contributed by atoms with Crippen molar-refractivity contribution in [3.63, 3.8) is 0 Å². The Bertz CT molecular complexity index is 144. The Kier molecular flexibility index (Phi) is 6.82. The zero-order valence-electron chi connectivity index (χ0n) is 9.09. The van der Waals surface area contributed by atoms with E-state index in [1.807, 2.05) is 13.8 Å². The van der Waals surface area contributed by atoms with Crippen LogP contribution in [0.4, 0.5) is 0 Å². The Morgan fingerprint density at radius 1 is 1.31 bits per heavy atom. The smallest absolute Gasteiger partial charge is 0.160 e. The van der Waals surface area contributed by atoms with Gasteiger partial charge in [0.25, 0.3) is 0 Å². The molecule has 0 aromatic heterocycles. The first-order valence-corrected chi connectivity index (χ1v) is 4.88. The standard InChI is InChI=1S/C10H21NO2/c1-8(2)10(12)7-13-6-5-11-9(3)4/h8-9,11H,5-7H2,1-4H3. The molecule has 0 aromatic carbocycles. The van der Waals surface area contributed by atoms with Gasteiger partial charge in [-0.05, 0) is 0 Å². The molecule has 0 saturated heterocycles. The zero-order valence-corrected chi connectivity index (χ0v) is 9.09. The van der Waals surface area contributed by atoms with Crippen LogP contribution in [0.25, 0.3) is 0 Å². The molecule has 0 heterocycles. The molecule has 0 rings (SSSR count). The summed E-state index contributed by atoms with van der Waals surface area (Å²) in [5.74, 6) is 0.252. The summed E-state index contributed by atoms with van der Waals surface area (Å²) in [6.45, 7) is 9.60. The first-order chi connectivity index (χ1) is 6.04. The molecule has 78 valence electrons. The van der Waals surface area contributed by atoms with Crippen molar-refractivity contribution in [2.24, 2.45) is 5.92 Å². The van der Waals surface area contributed by atoms with Crippen molar-refractivity contribution in [3.8, 4) is 0 Å². The molecule has 0 aliphatic carbocycles. The van der Waals surface area contributed by atoms with E-state index < -0.39 is 0 Å². The van der Waals surface area contributed by atoms with Crippen LogP contribution in [0.15, 0.2) is 0 Å². The highest BCUT2D eigenvalue weighted by atomic mass is 16.5. The Morgan fingerprint density at radius 3 is 2.38 bits per heavy atom. The van der Waals surface area contributed by atoms with E-state index >= 15 is 0 Å². The molecule has 0 saturated carbocycles. The van der Waals surface area contributed by atoms with Crippen LogP contribution in [0.2, 0.25) is 0 Å². The van der Waals surface area contributed by atoms with E-state index in [4.69, 9.17) is 4.74 Å². The molecule has 0 fully saturated rings. The van der Waals surface area contributed by atoms with Crippen LogP contribution in [0.3, 0.4) is 0 Å². The van der Waals surface area contributed by atoms with Crippen molar-refractivity contribution in [2.75, 3.05) is 19.8 Å². The molecule has 0 aromatic rings. The monoisotopic (exact) mass is 187 g/mol. The van der Waals surface area contributed by atoms with Gasteiger partial charge in [0.2, 0.25) is 0 Å². The largest absolute Gasteiger partial charge is 0.372 e. The van der Waals surface area contributed by atoms with Crippen molar-refractivity contribution in [2.45, 2.75) is 33.7 Å². The molecule has 0 radical (unpaired) electrons. The van der Waals surface area contributed by atoms with Gasteiger partial charge >= 0.3 is 0 Å². The Balaban J connectivity index is 3.21. The molecule has 0 aliphatic heterocycles. The highest BCUT2D eigenvalue weighted by Gasteiger charge is 2.06. The first kappa shape index (κ1) is 12.6. The molecule has 0 unspecified atom stereocenters. The number of hydrogen-bond acceptors (Lipinski definition) is 3. The molecule has 0 bridgehead atoms. The summed E-state index contributed by atoms with van der Waals surface area (Å²) in [7, 11) is 0. The third kappa shape index (κ3) is 7.94. The summed E-state index contributed by atoms with van der Waals surface area (Å²) in [5, 5.41) is 3.21. The second kappa shape index (κ2) is 7.04. The summed E-state index contributed by atoms with van der Waals surface area (Å²) >= 11 is 0. The van der Waals surface area contributed by atoms with E-state index in [1.54, 1.807) is 0 Å². The topological polar surface area (TPSA) is 38.3 Å². The number of ether oxygens (including phenoxy) is 1. The zero-order chi connectivity index (χ0) is 10.3. The normalized spacial score (nSPS) is 11.2. The number of Topliss-reactive ketones (excluding diaryl/α,β-unsaturated/α-hetero) is 1. The molecule has 3 nitrogen and oxygen atoms in total. The maximum absolute atomic E-state index is 11.1. The van der Waals surface area contributed by atoms with Gasteiger partial charge in [-0.2, -0.15) is 0 Å². The third-order valence-corrected chi connectivity index (χ3v) is 1.69. The summed E-state index contributed by atoms with van der Waals surface area (Å²) in [5.41, 5.74) is 0. The van der Waals surface area contributed by atoms with E-state index in [2.05, 4.69) is 19.2 Å². The van der Waals surface area contributed by atoms with Crippen LogP contribution < -0.4 is 5.32 Å². The van der Waals surface area contributed by atoms with Crippen molar-refractivity contribution < 1.29 is 9.53 Å². The molecule has 3 heteroatoms. The number of rotatable bonds is 7. The lowest BCUT2D eigenvalue weighted by Gasteiger charge is -2.08. The van der Waals surface area contributed by atoms with Crippen LogP contribution in [0, 0.1) is 5.92 Å². The van der Waals surface area contributed by atoms with Crippen molar-refractivity contribution in [1.29, 1.82) is 0 Å². The predicted octanol–water partition coefficient (Wildman–Crippen LogP) is 1.23. The molecule has 13 heavy (non-hydrogen) atoms. The van der Waals surface area contributed by atoms with Gasteiger partial charge in [0, 0.05) is 18.5 Å². The van der Waals surface area contributed by atoms with Gasteiger partial charge in [0.05, 0.1) is 6.61 Å². The Morgan fingerprint density at radius 2 is 1.92 bits per heavy atom. The molecule has 1 N–H and O–H groups in total. The van der Waals surface area contributed by atoms with Crippen molar-refractivity contribution in [1.82, 2.24) is 5.32 Å². The molecular formula is C10H21NO2. The van der Waals surface area contributed by atoms with Crippen LogP contribution in [-0.4, -0.2) is 31.6 Å². The van der Waals surface area contributed by atoms with Gasteiger partial charge in [-0.1, -0.05) is 27.7 Å². The van der Waals surface area contributed by atoms with Crippen LogP contribution in [0.1, 0.15) is 27.7 Å².